The molecule has 0 saturated carbocycles. The molecular formula is C18H19BrClN7O3S. The Morgan fingerprint density at radius 1 is 1.39 bits per heavy atom. The lowest BCUT2D eigenvalue weighted by Gasteiger charge is -2.21. The van der Waals surface area contributed by atoms with Crippen LogP contribution in [0.1, 0.15) is 6.42 Å². The molecule has 10 nitrogen and oxygen atoms in total. The summed E-state index contributed by atoms with van der Waals surface area (Å²) in [6.45, 7) is 0.744. The maximum Gasteiger partial charge on any atom is 0.258 e. The monoisotopic (exact) mass is 527 g/mol. The van der Waals surface area contributed by atoms with E-state index in [0.29, 0.717) is 29.7 Å². The number of nitriles is 1. The number of anilines is 2. The van der Waals surface area contributed by atoms with Crippen molar-refractivity contribution in [2.75, 3.05) is 23.3 Å². The van der Waals surface area contributed by atoms with E-state index in [1.54, 1.807) is 24.3 Å². The van der Waals surface area contributed by atoms with E-state index in [4.69, 9.17) is 22.7 Å². The maximum atomic E-state index is 12.8. The molecule has 0 aromatic heterocycles. The fourth-order valence-corrected chi connectivity index (χ4v) is 5.24. The average Bonchev–Trinajstić information content (AvgIpc) is 3.10. The summed E-state index contributed by atoms with van der Waals surface area (Å²) in [6, 6.07) is 9.19. The van der Waals surface area contributed by atoms with E-state index < -0.39 is 26.6 Å². The van der Waals surface area contributed by atoms with Gasteiger partial charge in [0.15, 0.2) is 11.9 Å². The lowest BCUT2D eigenvalue weighted by atomic mass is 10.3. The lowest BCUT2D eigenvalue weighted by molar-refractivity contribution is 0.295. The second-order valence-corrected chi connectivity index (χ2v) is 9.58. The van der Waals surface area contributed by atoms with Crippen molar-refractivity contribution in [3.63, 3.8) is 0 Å². The van der Waals surface area contributed by atoms with E-state index in [1.807, 2.05) is 6.19 Å². The number of para-hydroxylation sites is 1. The van der Waals surface area contributed by atoms with Gasteiger partial charge in [-0.05, 0) is 46.6 Å². The van der Waals surface area contributed by atoms with Gasteiger partial charge in [0.1, 0.15) is 4.90 Å². The Bertz CT molecular complexity index is 1160. The number of hydrogen-bond acceptors (Lipinski definition) is 7. The average molecular weight is 529 g/mol. The zero-order valence-corrected chi connectivity index (χ0v) is 19.2. The number of phenols is 1. The second kappa shape index (κ2) is 9.39. The molecule has 1 fully saturated rings. The summed E-state index contributed by atoms with van der Waals surface area (Å²) in [5, 5.41) is 32.2. The first-order valence-corrected chi connectivity index (χ1v) is 11.6. The van der Waals surface area contributed by atoms with Crippen LogP contribution >= 0.6 is 27.5 Å². The van der Waals surface area contributed by atoms with Crippen molar-refractivity contribution in [3.05, 3.63) is 45.9 Å². The number of aromatic hydroxyl groups is 1. The summed E-state index contributed by atoms with van der Waals surface area (Å²) in [6.07, 6.45) is 2.49. The van der Waals surface area contributed by atoms with E-state index in [2.05, 4.69) is 26.1 Å². The predicted octanol–water partition coefficient (Wildman–Crippen LogP) is 2.37. The Morgan fingerprint density at radius 2 is 2.10 bits per heavy atom. The highest BCUT2D eigenvalue weighted by molar-refractivity contribution is 9.10. The minimum absolute atomic E-state index is 0.111. The quantitative estimate of drug-likeness (QED) is 0.130. The van der Waals surface area contributed by atoms with E-state index >= 15 is 0 Å². The third kappa shape index (κ3) is 5.09. The molecule has 31 heavy (non-hydrogen) atoms. The van der Waals surface area contributed by atoms with Crippen LogP contribution in [-0.4, -0.2) is 43.6 Å². The smallest absolute Gasteiger partial charge is 0.258 e. The van der Waals surface area contributed by atoms with Crippen molar-refractivity contribution in [1.82, 2.24) is 9.84 Å². The van der Waals surface area contributed by atoms with Crippen molar-refractivity contribution < 1.29 is 13.5 Å². The van der Waals surface area contributed by atoms with Crippen LogP contribution in [0.25, 0.3) is 0 Å². The van der Waals surface area contributed by atoms with Gasteiger partial charge in [0.05, 0.1) is 16.4 Å². The number of nitrogens with one attached hydrogen (secondary N) is 3. The Hall–Kier alpha value is -2.40. The minimum Gasteiger partial charge on any atom is -0.504 e. The van der Waals surface area contributed by atoms with E-state index in [9.17, 15) is 18.8 Å². The number of sulfonamides is 1. The largest absolute Gasteiger partial charge is 0.504 e. The van der Waals surface area contributed by atoms with Crippen molar-refractivity contribution in [3.8, 4) is 11.9 Å². The Balaban J connectivity index is 1.89. The van der Waals surface area contributed by atoms with Crippen molar-refractivity contribution in [2.24, 2.45) is 5.73 Å². The molecule has 2 aromatic rings. The molecule has 2 aromatic carbocycles. The van der Waals surface area contributed by atoms with Crippen LogP contribution in [0.4, 0.5) is 11.4 Å². The van der Waals surface area contributed by atoms with Crippen LogP contribution in [0.5, 0.6) is 5.75 Å². The van der Waals surface area contributed by atoms with Crippen molar-refractivity contribution >= 4 is 54.9 Å². The first-order valence-electron chi connectivity index (χ1n) is 8.98. The Kier molecular flexibility index (Phi) is 7.05. The topological polar surface area (TPSA) is 159 Å². The fourth-order valence-electron chi connectivity index (χ4n) is 3.03. The molecule has 1 aliphatic rings. The van der Waals surface area contributed by atoms with Gasteiger partial charge in [-0.25, -0.2) is 18.3 Å². The molecule has 0 aliphatic carbocycles. The third-order valence-electron chi connectivity index (χ3n) is 4.50. The van der Waals surface area contributed by atoms with Crippen LogP contribution in [0.3, 0.4) is 0 Å². The molecule has 1 saturated heterocycles. The number of rotatable bonds is 5. The van der Waals surface area contributed by atoms with Gasteiger partial charge in [0.2, 0.25) is 5.96 Å². The molecule has 0 unspecified atom stereocenters. The fraction of sp³-hybridized carbons (Fsp3) is 0.222. The van der Waals surface area contributed by atoms with Crippen molar-refractivity contribution in [2.45, 2.75) is 17.4 Å². The molecule has 164 valence electrons. The van der Waals surface area contributed by atoms with Gasteiger partial charge >= 0.3 is 0 Å². The van der Waals surface area contributed by atoms with Crippen LogP contribution in [-0.2, 0) is 10.0 Å². The van der Waals surface area contributed by atoms with Crippen LogP contribution < -0.4 is 20.8 Å². The SMILES string of the molecule is N#CN(C(=N)Nc1ccc(Cl)c(S(=O)(=O)NN2CC[C@@H](N)C2)c1O)c1ccccc1Br. The van der Waals surface area contributed by atoms with Crippen molar-refractivity contribution in [1.29, 1.82) is 10.7 Å². The van der Waals surface area contributed by atoms with Crippen LogP contribution in [0.2, 0.25) is 5.02 Å². The number of benzene rings is 2. The van der Waals surface area contributed by atoms with Gasteiger partial charge in [0, 0.05) is 23.6 Å². The summed E-state index contributed by atoms with van der Waals surface area (Å²) in [5.74, 6) is -1.09. The normalized spacial score (nSPS) is 16.6. The molecule has 0 amide bonds. The highest BCUT2D eigenvalue weighted by Gasteiger charge is 2.30. The van der Waals surface area contributed by atoms with E-state index in [0.717, 1.165) is 4.90 Å². The molecule has 0 spiro atoms. The molecule has 6 N–H and O–H groups in total. The summed E-state index contributed by atoms with van der Waals surface area (Å²) < 4.78 is 26.3. The molecular weight excluding hydrogens is 510 g/mol. The number of nitrogens with two attached hydrogens (primary N) is 1. The molecule has 3 rings (SSSR count). The maximum absolute atomic E-state index is 12.8. The van der Waals surface area contributed by atoms with Gasteiger partial charge in [-0.3, -0.25) is 5.41 Å². The lowest BCUT2D eigenvalue weighted by Crippen LogP contribution is -2.42. The summed E-state index contributed by atoms with van der Waals surface area (Å²) in [7, 11) is -4.23. The zero-order valence-electron chi connectivity index (χ0n) is 16.0. The molecule has 13 heteroatoms. The van der Waals surface area contributed by atoms with Crippen LogP contribution in [0, 0.1) is 16.9 Å². The highest BCUT2D eigenvalue weighted by atomic mass is 79.9. The van der Waals surface area contributed by atoms with Gasteiger partial charge in [-0.1, -0.05) is 23.7 Å². The number of phenolic OH excluding ortho intramolecular Hbond substituents is 1. The summed E-state index contributed by atoms with van der Waals surface area (Å²) in [4.78, 5) is 2.79. The van der Waals surface area contributed by atoms with Gasteiger partial charge < -0.3 is 16.2 Å². The second-order valence-electron chi connectivity index (χ2n) is 6.72. The van der Waals surface area contributed by atoms with Gasteiger partial charge in [0.25, 0.3) is 10.0 Å². The first-order chi connectivity index (χ1) is 14.6. The number of nitrogens with zero attached hydrogens (tertiary/aromatic N) is 3. The zero-order chi connectivity index (χ0) is 22.8. The van der Waals surface area contributed by atoms with Gasteiger partial charge in [-0.15, -0.1) is 4.83 Å². The summed E-state index contributed by atoms with van der Waals surface area (Å²) >= 11 is 9.38. The number of hydrazine groups is 1. The first kappa shape index (κ1) is 23.3. The standard InChI is InChI=1S/C18H19BrClN7O3S/c19-12-3-1-2-4-15(12)27(10-21)18(23)24-14-6-5-13(20)17(16(14)28)31(29,30)25-26-8-7-11(22)9-26/h1-6,11,25,28H,7-9,22H2,(H2,23,24)/t11-/m1/s1. The molecule has 0 radical (unpaired) electrons. The number of halogens is 2. The predicted molar refractivity (Wildman–Crippen MR) is 121 cm³/mol. The molecule has 1 atom stereocenters. The van der Waals surface area contributed by atoms with Crippen LogP contribution in [0.15, 0.2) is 45.8 Å². The number of hydrogen-bond donors (Lipinski definition) is 5. The highest BCUT2D eigenvalue weighted by Crippen LogP contribution is 2.37. The van der Waals surface area contributed by atoms with Gasteiger partial charge in [-0.2, -0.15) is 5.26 Å². The number of guanidine groups is 1. The molecule has 1 aliphatic heterocycles. The Labute approximate surface area is 192 Å². The molecule has 0 bridgehead atoms. The summed E-state index contributed by atoms with van der Waals surface area (Å²) in [5.41, 5.74) is 6.08. The minimum atomic E-state index is -4.23. The van der Waals surface area contributed by atoms with E-state index in [1.165, 1.54) is 17.1 Å². The Morgan fingerprint density at radius 3 is 2.71 bits per heavy atom. The third-order valence-corrected chi connectivity index (χ3v) is 7.04. The van der Waals surface area contributed by atoms with E-state index in [-0.39, 0.29) is 16.8 Å². The molecule has 1 heterocycles.